The van der Waals surface area contributed by atoms with Gasteiger partial charge in [0.25, 0.3) is 0 Å². The fourth-order valence-corrected chi connectivity index (χ4v) is 2.15. The Morgan fingerprint density at radius 1 is 1.20 bits per heavy atom. The maximum atomic E-state index is 12.1. The van der Waals surface area contributed by atoms with Gasteiger partial charge >= 0.3 is 0 Å². The molecule has 2 aromatic carbocycles. The average molecular weight is 334 g/mol. The third-order valence-corrected chi connectivity index (χ3v) is 4.78. The lowest BCUT2D eigenvalue weighted by Gasteiger charge is -2.29. The quantitative estimate of drug-likeness (QED) is 0.840. The van der Waals surface area contributed by atoms with E-state index < -0.39 is 0 Å². The van der Waals surface area contributed by atoms with Gasteiger partial charge in [0.15, 0.2) is 0 Å². The number of hydrogen-bond acceptors (Lipinski definition) is 1. The number of benzene rings is 2. The van der Waals surface area contributed by atoms with E-state index in [-0.39, 0.29) is 16.3 Å². The van der Waals surface area contributed by atoms with Gasteiger partial charge in [0.05, 0.1) is 6.42 Å². The van der Waals surface area contributed by atoms with Crippen LogP contribution >= 0.6 is 15.9 Å². The summed E-state index contributed by atoms with van der Waals surface area (Å²) in [5, 5.41) is 5.44. The molecule has 0 fully saturated rings. The number of amides is 1. The van der Waals surface area contributed by atoms with Gasteiger partial charge in [-0.3, -0.25) is 4.79 Å². The van der Waals surface area contributed by atoms with Crippen molar-refractivity contribution in [3.63, 3.8) is 0 Å². The minimum Gasteiger partial charge on any atom is -0.350 e. The second kappa shape index (κ2) is 5.96. The molecule has 1 N–H and O–H groups in total. The monoisotopic (exact) mass is 333 g/mol. The molecule has 2 nitrogen and oxygen atoms in total. The number of alkyl halides is 1. The van der Waals surface area contributed by atoms with Crippen molar-refractivity contribution >= 4 is 32.6 Å². The van der Waals surface area contributed by atoms with Gasteiger partial charge in [-0.25, -0.2) is 0 Å². The molecule has 1 atom stereocenters. The molecule has 0 heterocycles. The van der Waals surface area contributed by atoms with Gasteiger partial charge in [0.1, 0.15) is 0 Å². The third-order valence-electron chi connectivity index (χ3n) is 3.63. The summed E-state index contributed by atoms with van der Waals surface area (Å²) in [4.78, 5) is 12.4. The Morgan fingerprint density at radius 3 is 2.50 bits per heavy atom. The molecule has 2 aromatic rings. The lowest BCUT2D eigenvalue weighted by molar-refractivity contribution is -0.121. The largest absolute Gasteiger partial charge is 0.350 e. The van der Waals surface area contributed by atoms with Crippen LogP contribution < -0.4 is 5.32 Å². The van der Waals surface area contributed by atoms with Crippen molar-refractivity contribution in [1.82, 2.24) is 5.32 Å². The molecule has 0 radical (unpaired) electrons. The topological polar surface area (TPSA) is 29.1 Å². The standard InChI is InChI=1S/C17H20BrNO/c1-12(18)17(2,3)19-16(20)11-13-8-9-14-6-4-5-7-15(14)10-13/h4-10,12H,11H2,1-3H3,(H,19,20). The van der Waals surface area contributed by atoms with Gasteiger partial charge in [-0.05, 0) is 30.2 Å². The van der Waals surface area contributed by atoms with E-state index in [0.717, 1.165) is 5.56 Å². The van der Waals surface area contributed by atoms with Crippen LogP contribution in [0.25, 0.3) is 10.8 Å². The van der Waals surface area contributed by atoms with Crippen molar-refractivity contribution in [2.45, 2.75) is 37.6 Å². The second-order valence-electron chi connectivity index (χ2n) is 5.74. The lowest BCUT2D eigenvalue weighted by atomic mass is 10.0. The second-order valence-corrected chi connectivity index (χ2v) is 7.12. The molecule has 0 saturated heterocycles. The fraction of sp³-hybridized carbons (Fsp3) is 0.353. The van der Waals surface area contributed by atoms with Gasteiger partial charge in [-0.2, -0.15) is 0 Å². The van der Waals surface area contributed by atoms with Gasteiger partial charge in [0, 0.05) is 10.4 Å². The molecule has 0 bridgehead atoms. The summed E-state index contributed by atoms with van der Waals surface area (Å²) in [5.41, 5.74) is 0.785. The molecule has 20 heavy (non-hydrogen) atoms. The summed E-state index contributed by atoms with van der Waals surface area (Å²) < 4.78 is 0. The number of carbonyl (C=O) groups excluding carboxylic acids is 1. The van der Waals surface area contributed by atoms with E-state index >= 15 is 0 Å². The number of fused-ring (bicyclic) bond motifs is 1. The van der Waals surface area contributed by atoms with Crippen LogP contribution in [0.5, 0.6) is 0 Å². The third kappa shape index (κ3) is 3.60. The molecule has 0 aromatic heterocycles. The van der Waals surface area contributed by atoms with Gasteiger partial charge in [-0.15, -0.1) is 0 Å². The first-order valence-electron chi connectivity index (χ1n) is 6.81. The minimum absolute atomic E-state index is 0.0524. The van der Waals surface area contributed by atoms with Crippen LogP contribution in [0, 0.1) is 0 Å². The molecule has 0 aliphatic rings. The minimum atomic E-state index is -0.256. The zero-order chi connectivity index (χ0) is 14.8. The van der Waals surface area contributed by atoms with E-state index in [0.29, 0.717) is 6.42 Å². The maximum Gasteiger partial charge on any atom is 0.224 e. The first-order valence-corrected chi connectivity index (χ1v) is 7.73. The molecule has 106 valence electrons. The Labute approximate surface area is 128 Å². The van der Waals surface area contributed by atoms with E-state index in [1.54, 1.807) is 0 Å². The van der Waals surface area contributed by atoms with E-state index in [1.165, 1.54) is 10.8 Å². The summed E-state index contributed by atoms with van der Waals surface area (Å²) in [6, 6.07) is 14.4. The molecule has 3 heteroatoms. The lowest BCUT2D eigenvalue weighted by Crippen LogP contribution is -2.49. The Balaban J connectivity index is 2.10. The smallest absolute Gasteiger partial charge is 0.224 e. The summed E-state index contributed by atoms with van der Waals surface area (Å²) in [6.45, 7) is 6.08. The van der Waals surface area contributed by atoms with Crippen molar-refractivity contribution in [3.8, 4) is 0 Å². The average Bonchev–Trinajstić information content (AvgIpc) is 2.37. The van der Waals surface area contributed by atoms with Crippen LogP contribution in [0.3, 0.4) is 0 Å². The Morgan fingerprint density at radius 2 is 1.85 bits per heavy atom. The van der Waals surface area contributed by atoms with Crippen LogP contribution in [0.4, 0.5) is 0 Å². The van der Waals surface area contributed by atoms with Crippen molar-refractivity contribution in [2.75, 3.05) is 0 Å². The van der Waals surface area contributed by atoms with Gasteiger partial charge in [0.2, 0.25) is 5.91 Å². The summed E-state index contributed by atoms with van der Waals surface area (Å²) in [7, 11) is 0. The van der Waals surface area contributed by atoms with Gasteiger partial charge in [-0.1, -0.05) is 65.3 Å². The summed E-state index contributed by atoms with van der Waals surface area (Å²) >= 11 is 3.53. The molecule has 0 aliphatic heterocycles. The van der Waals surface area contributed by atoms with Crippen molar-refractivity contribution in [1.29, 1.82) is 0 Å². The fourth-order valence-electron chi connectivity index (χ4n) is 2.04. The van der Waals surface area contributed by atoms with Gasteiger partial charge < -0.3 is 5.32 Å². The molecular formula is C17H20BrNO. The molecular weight excluding hydrogens is 314 g/mol. The highest BCUT2D eigenvalue weighted by atomic mass is 79.9. The number of hydrogen-bond donors (Lipinski definition) is 1. The SMILES string of the molecule is CC(Br)C(C)(C)NC(=O)Cc1ccc2ccccc2c1. The van der Waals surface area contributed by atoms with Crippen LogP contribution in [0.2, 0.25) is 0 Å². The summed E-state index contributed by atoms with van der Waals surface area (Å²) in [6.07, 6.45) is 0.411. The Bertz CT molecular complexity index is 619. The van der Waals surface area contributed by atoms with Crippen LogP contribution in [0.1, 0.15) is 26.3 Å². The highest BCUT2D eigenvalue weighted by molar-refractivity contribution is 9.09. The van der Waals surface area contributed by atoms with Crippen molar-refractivity contribution in [2.24, 2.45) is 0 Å². The van der Waals surface area contributed by atoms with Crippen LogP contribution in [-0.2, 0) is 11.2 Å². The molecule has 0 spiro atoms. The number of halogens is 1. The van der Waals surface area contributed by atoms with Crippen molar-refractivity contribution < 1.29 is 4.79 Å². The molecule has 0 saturated carbocycles. The first-order chi connectivity index (χ1) is 9.38. The summed E-state index contributed by atoms with van der Waals surface area (Å²) in [5.74, 6) is 0.0524. The Kier molecular flexibility index (Phi) is 4.48. The molecule has 2 rings (SSSR count). The van der Waals surface area contributed by atoms with E-state index in [4.69, 9.17) is 0 Å². The number of rotatable bonds is 4. The van der Waals surface area contributed by atoms with E-state index in [2.05, 4.69) is 45.5 Å². The normalized spacial score (nSPS) is 13.2. The highest BCUT2D eigenvalue weighted by Gasteiger charge is 2.25. The number of carbonyl (C=O) groups is 1. The van der Waals surface area contributed by atoms with Crippen molar-refractivity contribution in [3.05, 3.63) is 48.0 Å². The predicted molar refractivity (Wildman–Crippen MR) is 88.3 cm³/mol. The first kappa shape index (κ1) is 15.0. The van der Waals surface area contributed by atoms with Crippen LogP contribution in [-0.4, -0.2) is 16.3 Å². The maximum absolute atomic E-state index is 12.1. The van der Waals surface area contributed by atoms with E-state index in [1.807, 2.05) is 39.0 Å². The zero-order valence-corrected chi connectivity index (χ0v) is 13.7. The molecule has 0 aliphatic carbocycles. The highest BCUT2D eigenvalue weighted by Crippen LogP contribution is 2.18. The molecule has 1 unspecified atom stereocenters. The molecule has 1 amide bonds. The van der Waals surface area contributed by atoms with Crippen LogP contribution in [0.15, 0.2) is 42.5 Å². The Hall–Kier alpha value is -1.35. The van der Waals surface area contributed by atoms with E-state index in [9.17, 15) is 4.79 Å². The number of nitrogens with one attached hydrogen (secondary N) is 1. The predicted octanol–water partition coefficient (Wildman–Crippen LogP) is 4.06. The zero-order valence-electron chi connectivity index (χ0n) is 12.1.